The Kier molecular flexibility index (Phi) is 5.25. The molecule has 1 heterocycles. The van der Waals surface area contributed by atoms with Gasteiger partial charge in [0.25, 0.3) is 5.91 Å². The number of amides is 1. The van der Waals surface area contributed by atoms with Crippen LogP contribution in [-0.4, -0.2) is 15.9 Å². The van der Waals surface area contributed by atoms with E-state index in [1.807, 2.05) is 0 Å². The number of anilines is 1. The van der Waals surface area contributed by atoms with Gasteiger partial charge in [-0.1, -0.05) is 12.1 Å². The molecule has 3 aromatic rings. The lowest BCUT2D eigenvalue weighted by Gasteiger charge is -2.13. The monoisotopic (exact) mass is 391 g/mol. The normalized spacial score (nSPS) is 11.2. The summed E-state index contributed by atoms with van der Waals surface area (Å²) >= 11 is 0. The number of alkyl halides is 3. The van der Waals surface area contributed by atoms with E-state index in [1.165, 1.54) is 42.5 Å². The second kappa shape index (κ2) is 7.63. The average Bonchev–Trinajstić information content (AvgIpc) is 2.62. The van der Waals surface area contributed by atoms with Crippen LogP contribution in [0.15, 0.2) is 54.6 Å². The fraction of sp³-hybridized carbons (Fsp3) is 0.105. The first-order valence-electron chi connectivity index (χ1n) is 7.99. The number of carbonyl (C=O) groups excluding carboxylic acids is 1. The molecule has 0 unspecified atom stereocenters. The SMILES string of the molecule is Cc1cc(C(=O)Nc2ccc(F)cc2)nc(Oc2ccccc2C(F)(F)F)n1. The molecule has 28 heavy (non-hydrogen) atoms. The molecule has 1 aromatic heterocycles. The van der Waals surface area contributed by atoms with Gasteiger partial charge < -0.3 is 10.1 Å². The smallest absolute Gasteiger partial charge is 0.419 e. The van der Waals surface area contributed by atoms with E-state index >= 15 is 0 Å². The number of benzene rings is 2. The van der Waals surface area contributed by atoms with E-state index < -0.39 is 35.2 Å². The van der Waals surface area contributed by atoms with Crippen LogP contribution in [-0.2, 0) is 6.18 Å². The van der Waals surface area contributed by atoms with Gasteiger partial charge in [-0.25, -0.2) is 9.37 Å². The minimum absolute atomic E-state index is 0.115. The molecule has 3 rings (SSSR count). The van der Waals surface area contributed by atoms with Crippen LogP contribution in [0.25, 0.3) is 0 Å². The number of hydrogen-bond donors (Lipinski definition) is 1. The Morgan fingerprint density at radius 2 is 1.71 bits per heavy atom. The first-order chi connectivity index (χ1) is 13.2. The topological polar surface area (TPSA) is 64.1 Å². The molecular formula is C19H13F4N3O2. The van der Waals surface area contributed by atoms with E-state index in [0.717, 1.165) is 12.1 Å². The van der Waals surface area contributed by atoms with Gasteiger partial charge in [-0.2, -0.15) is 18.2 Å². The number of halogens is 4. The van der Waals surface area contributed by atoms with Crippen LogP contribution in [0.4, 0.5) is 23.2 Å². The molecule has 0 spiro atoms. The Morgan fingerprint density at radius 3 is 2.39 bits per heavy atom. The van der Waals surface area contributed by atoms with Gasteiger partial charge in [0.1, 0.15) is 17.3 Å². The zero-order chi connectivity index (χ0) is 20.3. The van der Waals surface area contributed by atoms with Gasteiger partial charge in [-0.3, -0.25) is 4.79 Å². The number of aryl methyl sites for hydroxylation is 1. The molecule has 0 atom stereocenters. The van der Waals surface area contributed by atoms with Crippen molar-refractivity contribution < 1.29 is 27.1 Å². The van der Waals surface area contributed by atoms with Crippen molar-refractivity contribution in [1.29, 1.82) is 0 Å². The van der Waals surface area contributed by atoms with Crippen LogP contribution in [0, 0.1) is 12.7 Å². The quantitative estimate of drug-likeness (QED) is 0.637. The van der Waals surface area contributed by atoms with Crippen molar-refractivity contribution in [1.82, 2.24) is 9.97 Å². The zero-order valence-electron chi connectivity index (χ0n) is 14.4. The Balaban J connectivity index is 1.86. The largest absolute Gasteiger partial charge is 0.424 e. The molecule has 1 amide bonds. The molecule has 9 heteroatoms. The van der Waals surface area contributed by atoms with E-state index in [9.17, 15) is 22.4 Å². The summed E-state index contributed by atoms with van der Waals surface area (Å²) in [6.45, 7) is 1.54. The van der Waals surface area contributed by atoms with Crippen LogP contribution < -0.4 is 10.1 Å². The van der Waals surface area contributed by atoms with Crippen LogP contribution in [0.2, 0.25) is 0 Å². The van der Waals surface area contributed by atoms with E-state index in [4.69, 9.17) is 4.74 Å². The number of rotatable bonds is 4. The third kappa shape index (κ3) is 4.61. The minimum atomic E-state index is -4.62. The summed E-state index contributed by atoms with van der Waals surface area (Å²) < 4.78 is 57.4. The zero-order valence-corrected chi connectivity index (χ0v) is 14.4. The van der Waals surface area contributed by atoms with Crippen molar-refractivity contribution in [2.24, 2.45) is 0 Å². The maximum Gasteiger partial charge on any atom is 0.419 e. The van der Waals surface area contributed by atoms with Gasteiger partial charge in [-0.05, 0) is 49.4 Å². The summed E-state index contributed by atoms with van der Waals surface area (Å²) in [6, 6.07) is 10.6. The van der Waals surface area contributed by atoms with Crippen LogP contribution >= 0.6 is 0 Å². The molecule has 0 saturated carbocycles. The summed E-state index contributed by atoms with van der Waals surface area (Å²) in [6.07, 6.45) is -4.62. The lowest BCUT2D eigenvalue weighted by Crippen LogP contribution is -2.15. The van der Waals surface area contributed by atoms with E-state index in [2.05, 4.69) is 15.3 Å². The predicted molar refractivity (Wildman–Crippen MR) is 92.6 cm³/mol. The van der Waals surface area contributed by atoms with Crippen LogP contribution in [0.1, 0.15) is 21.7 Å². The number of aromatic nitrogens is 2. The van der Waals surface area contributed by atoms with E-state index in [-0.39, 0.29) is 5.69 Å². The van der Waals surface area contributed by atoms with Crippen LogP contribution in [0.3, 0.4) is 0 Å². The molecule has 0 radical (unpaired) electrons. The third-order valence-corrected chi connectivity index (χ3v) is 3.56. The maximum absolute atomic E-state index is 13.1. The van der Waals surface area contributed by atoms with E-state index in [1.54, 1.807) is 6.92 Å². The first kappa shape index (κ1) is 19.3. The lowest BCUT2D eigenvalue weighted by atomic mass is 10.2. The van der Waals surface area contributed by atoms with Gasteiger partial charge in [0, 0.05) is 11.4 Å². The highest BCUT2D eigenvalue weighted by molar-refractivity contribution is 6.02. The van der Waals surface area contributed by atoms with Crippen molar-refractivity contribution >= 4 is 11.6 Å². The number of para-hydroxylation sites is 1. The Hall–Kier alpha value is -3.49. The Morgan fingerprint density at radius 1 is 1.04 bits per heavy atom. The lowest BCUT2D eigenvalue weighted by molar-refractivity contribution is -0.138. The molecule has 2 aromatic carbocycles. The van der Waals surface area contributed by atoms with Gasteiger partial charge in [0.2, 0.25) is 0 Å². The highest BCUT2D eigenvalue weighted by Crippen LogP contribution is 2.37. The fourth-order valence-electron chi connectivity index (χ4n) is 2.32. The van der Waals surface area contributed by atoms with Crippen molar-refractivity contribution in [3.05, 3.63) is 77.4 Å². The van der Waals surface area contributed by atoms with Crippen molar-refractivity contribution in [2.45, 2.75) is 13.1 Å². The molecule has 5 nitrogen and oxygen atoms in total. The summed E-state index contributed by atoms with van der Waals surface area (Å²) in [7, 11) is 0. The number of ether oxygens (including phenoxy) is 1. The van der Waals surface area contributed by atoms with Gasteiger partial charge in [-0.15, -0.1) is 0 Å². The molecule has 0 aliphatic rings. The first-order valence-corrected chi connectivity index (χ1v) is 7.99. The summed E-state index contributed by atoms with van der Waals surface area (Å²) in [5.41, 5.74) is -0.458. The number of nitrogens with one attached hydrogen (secondary N) is 1. The van der Waals surface area contributed by atoms with Crippen molar-refractivity contribution in [3.8, 4) is 11.8 Å². The van der Waals surface area contributed by atoms with Crippen molar-refractivity contribution in [2.75, 3.05) is 5.32 Å². The highest BCUT2D eigenvalue weighted by atomic mass is 19.4. The predicted octanol–water partition coefficient (Wildman–Crippen LogP) is 4.99. The molecule has 0 aliphatic carbocycles. The molecule has 0 aliphatic heterocycles. The number of nitrogens with zero attached hydrogens (tertiary/aromatic N) is 2. The summed E-state index contributed by atoms with van der Waals surface area (Å²) in [5.74, 6) is -1.59. The summed E-state index contributed by atoms with van der Waals surface area (Å²) in [4.78, 5) is 20.2. The van der Waals surface area contributed by atoms with Crippen molar-refractivity contribution in [3.63, 3.8) is 0 Å². The number of carbonyl (C=O) groups is 1. The minimum Gasteiger partial charge on any atom is -0.424 e. The second-order valence-electron chi connectivity index (χ2n) is 5.73. The van der Waals surface area contributed by atoms with Gasteiger partial charge in [0.05, 0.1) is 5.56 Å². The molecule has 0 fully saturated rings. The summed E-state index contributed by atoms with van der Waals surface area (Å²) in [5, 5.41) is 2.51. The molecule has 1 N–H and O–H groups in total. The highest BCUT2D eigenvalue weighted by Gasteiger charge is 2.34. The molecule has 144 valence electrons. The maximum atomic E-state index is 13.1. The fourth-order valence-corrected chi connectivity index (χ4v) is 2.32. The third-order valence-electron chi connectivity index (χ3n) is 3.56. The average molecular weight is 391 g/mol. The van der Waals surface area contributed by atoms with Gasteiger partial charge in [0.15, 0.2) is 0 Å². The Labute approximate surface area is 157 Å². The molecular weight excluding hydrogens is 378 g/mol. The van der Waals surface area contributed by atoms with Gasteiger partial charge >= 0.3 is 12.2 Å². The standard InChI is InChI=1S/C19H13F4N3O2/c1-11-10-15(17(27)25-13-8-6-12(20)7-9-13)26-18(24-11)28-16-5-3-2-4-14(16)19(21,22)23/h2-10H,1H3,(H,25,27). The second-order valence-corrected chi connectivity index (χ2v) is 5.73. The van der Waals surface area contributed by atoms with E-state index in [0.29, 0.717) is 11.4 Å². The van der Waals surface area contributed by atoms with Crippen LogP contribution in [0.5, 0.6) is 11.8 Å². The number of hydrogen-bond acceptors (Lipinski definition) is 4. The Bertz CT molecular complexity index is 1000. The molecule has 0 saturated heterocycles. The molecule has 0 bridgehead atoms.